The minimum absolute atomic E-state index is 0.121. The van der Waals surface area contributed by atoms with Crippen molar-refractivity contribution >= 4 is 11.6 Å². The monoisotopic (exact) mass is 257 g/mol. The zero-order valence-electron chi connectivity index (χ0n) is 9.93. The Morgan fingerprint density at radius 3 is 2.94 bits per heavy atom. The molecule has 17 heavy (non-hydrogen) atoms. The Labute approximate surface area is 106 Å². The summed E-state index contributed by atoms with van der Waals surface area (Å²) in [6.45, 7) is 2.46. The predicted octanol–water partition coefficient (Wildman–Crippen LogP) is 2.65. The van der Waals surface area contributed by atoms with Gasteiger partial charge < -0.3 is 10.1 Å². The quantitative estimate of drug-likeness (QED) is 0.895. The van der Waals surface area contributed by atoms with Crippen molar-refractivity contribution < 1.29 is 9.13 Å². The molecule has 0 spiro atoms. The molecule has 1 fully saturated rings. The first-order valence-corrected chi connectivity index (χ1v) is 6.19. The van der Waals surface area contributed by atoms with E-state index in [0.29, 0.717) is 0 Å². The van der Waals surface area contributed by atoms with Gasteiger partial charge in [-0.3, -0.25) is 0 Å². The van der Waals surface area contributed by atoms with E-state index in [1.807, 2.05) is 7.05 Å². The second kappa shape index (κ2) is 5.34. The Morgan fingerprint density at radius 2 is 2.35 bits per heavy atom. The van der Waals surface area contributed by atoms with Crippen LogP contribution >= 0.6 is 11.6 Å². The first-order chi connectivity index (χ1) is 8.15. The maximum atomic E-state index is 13.1. The molecule has 0 amide bonds. The highest BCUT2D eigenvalue weighted by molar-refractivity contribution is 6.30. The molecule has 2 rings (SSSR count). The lowest BCUT2D eigenvalue weighted by Crippen LogP contribution is -2.35. The van der Waals surface area contributed by atoms with Gasteiger partial charge in [0.15, 0.2) is 0 Å². The summed E-state index contributed by atoms with van der Waals surface area (Å²) in [5, 5.41) is 3.41. The van der Waals surface area contributed by atoms with Gasteiger partial charge >= 0.3 is 0 Å². The normalized spacial score (nSPS) is 24.2. The molecule has 1 aliphatic heterocycles. The molecule has 1 N–H and O–H groups in total. The van der Waals surface area contributed by atoms with Gasteiger partial charge in [-0.15, -0.1) is 0 Å². The molecule has 0 aliphatic carbocycles. The molecular weight excluding hydrogens is 241 g/mol. The van der Waals surface area contributed by atoms with E-state index in [1.54, 1.807) is 12.1 Å². The van der Waals surface area contributed by atoms with Crippen LogP contribution in [0.1, 0.15) is 12.0 Å². The maximum absolute atomic E-state index is 13.1. The Kier molecular flexibility index (Phi) is 4.02. The van der Waals surface area contributed by atoms with Crippen molar-refractivity contribution in [3.05, 3.63) is 34.6 Å². The highest BCUT2D eigenvalue weighted by Crippen LogP contribution is 2.32. The molecule has 0 saturated carbocycles. The van der Waals surface area contributed by atoms with Gasteiger partial charge in [0.25, 0.3) is 0 Å². The largest absolute Gasteiger partial charge is 0.381 e. The number of hydrogen-bond acceptors (Lipinski definition) is 2. The van der Waals surface area contributed by atoms with Crippen LogP contribution in [-0.2, 0) is 11.2 Å². The Bertz CT molecular complexity index is 391. The van der Waals surface area contributed by atoms with Gasteiger partial charge in [-0.2, -0.15) is 0 Å². The summed E-state index contributed by atoms with van der Waals surface area (Å²) >= 11 is 5.80. The van der Waals surface area contributed by atoms with Crippen LogP contribution in [0.25, 0.3) is 0 Å². The number of nitrogens with one attached hydrogen (secondary N) is 1. The van der Waals surface area contributed by atoms with Crippen LogP contribution in [0.4, 0.5) is 4.39 Å². The number of hydrogen-bond donors (Lipinski definition) is 1. The van der Waals surface area contributed by atoms with Crippen LogP contribution in [0.5, 0.6) is 0 Å². The van der Waals surface area contributed by atoms with E-state index in [4.69, 9.17) is 16.3 Å². The van der Waals surface area contributed by atoms with Gasteiger partial charge in [-0.1, -0.05) is 17.7 Å². The summed E-state index contributed by atoms with van der Waals surface area (Å²) in [6, 6.07) is 4.95. The third-order valence-electron chi connectivity index (χ3n) is 3.30. The van der Waals surface area contributed by atoms with Crippen molar-refractivity contribution in [2.75, 3.05) is 26.8 Å². The zero-order chi connectivity index (χ0) is 12.3. The second-order valence-electron chi connectivity index (χ2n) is 4.76. The summed E-state index contributed by atoms with van der Waals surface area (Å²) in [6.07, 6.45) is 1.90. The summed E-state index contributed by atoms with van der Waals surface area (Å²) < 4.78 is 18.6. The number of benzene rings is 1. The Balaban J connectivity index is 2.14. The van der Waals surface area contributed by atoms with Crippen molar-refractivity contribution in [2.45, 2.75) is 12.8 Å². The van der Waals surface area contributed by atoms with Crippen LogP contribution in [0.3, 0.4) is 0 Å². The van der Waals surface area contributed by atoms with E-state index in [-0.39, 0.29) is 16.3 Å². The second-order valence-corrected chi connectivity index (χ2v) is 5.17. The molecule has 1 saturated heterocycles. The minimum Gasteiger partial charge on any atom is -0.381 e. The van der Waals surface area contributed by atoms with Gasteiger partial charge in [-0.25, -0.2) is 4.39 Å². The van der Waals surface area contributed by atoms with Crippen molar-refractivity contribution in [3.63, 3.8) is 0 Å². The van der Waals surface area contributed by atoms with E-state index in [1.165, 1.54) is 6.07 Å². The first kappa shape index (κ1) is 12.8. The van der Waals surface area contributed by atoms with E-state index < -0.39 is 0 Å². The van der Waals surface area contributed by atoms with E-state index in [2.05, 4.69) is 5.32 Å². The molecule has 0 aromatic heterocycles. The average molecular weight is 258 g/mol. The summed E-state index contributed by atoms with van der Waals surface area (Å²) in [5.74, 6) is -0.360. The number of rotatable bonds is 4. The molecule has 94 valence electrons. The minimum atomic E-state index is -0.360. The van der Waals surface area contributed by atoms with Crippen LogP contribution in [0.2, 0.25) is 5.02 Å². The van der Waals surface area contributed by atoms with Crippen molar-refractivity contribution in [3.8, 4) is 0 Å². The van der Waals surface area contributed by atoms with Gasteiger partial charge in [0.1, 0.15) is 5.82 Å². The lowest BCUT2D eigenvalue weighted by atomic mass is 9.81. The zero-order valence-corrected chi connectivity index (χ0v) is 10.7. The highest BCUT2D eigenvalue weighted by atomic mass is 35.5. The molecule has 1 aromatic rings. The van der Waals surface area contributed by atoms with E-state index in [9.17, 15) is 4.39 Å². The fraction of sp³-hybridized carbons (Fsp3) is 0.538. The smallest absolute Gasteiger partial charge is 0.141 e. The molecular formula is C13H17ClFNO. The lowest BCUT2D eigenvalue weighted by Gasteiger charge is -2.27. The fourth-order valence-corrected chi connectivity index (χ4v) is 2.65. The predicted molar refractivity (Wildman–Crippen MR) is 66.9 cm³/mol. The highest BCUT2D eigenvalue weighted by Gasteiger charge is 2.34. The number of halogens is 2. The van der Waals surface area contributed by atoms with Crippen molar-refractivity contribution in [1.82, 2.24) is 5.32 Å². The molecule has 2 nitrogen and oxygen atoms in total. The summed E-state index contributed by atoms with van der Waals surface area (Å²) in [5.41, 5.74) is 1.19. The Morgan fingerprint density at radius 1 is 1.53 bits per heavy atom. The molecule has 1 unspecified atom stereocenters. The molecule has 1 heterocycles. The lowest BCUT2D eigenvalue weighted by molar-refractivity contribution is 0.150. The van der Waals surface area contributed by atoms with E-state index in [0.717, 1.165) is 38.2 Å². The van der Waals surface area contributed by atoms with E-state index >= 15 is 0 Å². The number of ether oxygens (including phenoxy) is 1. The Hall–Kier alpha value is -0.640. The van der Waals surface area contributed by atoms with Crippen LogP contribution in [-0.4, -0.2) is 26.8 Å². The maximum Gasteiger partial charge on any atom is 0.141 e. The average Bonchev–Trinajstić information content (AvgIpc) is 2.73. The first-order valence-electron chi connectivity index (χ1n) is 5.81. The third kappa shape index (κ3) is 2.97. The standard InChI is InChI=1S/C13H17ClFNO/c1-16-8-13(4-5-17-9-13)7-10-2-3-12(15)11(14)6-10/h2-3,6,16H,4-5,7-9H2,1H3. The molecule has 0 bridgehead atoms. The van der Waals surface area contributed by atoms with Gasteiger partial charge in [-0.05, 0) is 37.6 Å². The summed E-state index contributed by atoms with van der Waals surface area (Å²) in [7, 11) is 1.94. The topological polar surface area (TPSA) is 21.3 Å². The molecule has 1 atom stereocenters. The SMILES string of the molecule is CNCC1(Cc2ccc(F)c(Cl)c2)CCOC1. The molecule has 1 aromatic carbocycles. The fourth-order valence-electron chi connectivity index (χ4n) is 2.45. The molecule has 0 radical (unpaired) electrons. The van der Waals surface area contributed by atoms with Crippen molar-refractivity contribution in [2.24, 2.45) is 5.41 Å². The molecule has 4 heteroatoms. The molecule has 1 aliphatic rings. The van der Waals surface area contributed by atoms with Crippen LogP contribution in [0.15, 0.2) is 18.2 Å². The van der Waals surface area contributed by atoms with Crippen molar-refractivity contribution in [1.29, 1.82) is 0 Å². The van der Waals surface area contributed by atoms with Gasteiger partial charge in [0.2, 0.25) is 0 Å². The van der Waals surface area contributed by atoms with Crippen LogP contribution < -0.4 is 5.32 Å². The summed E-state index contributed by atoms with van der Waals surface area (Å²) in [4.78, 5) is 0. The van der Waals surface area contributed by atoms with Gasteiger partial charge in [0.05, 0.1) is 11.6 Å². The van der Waals surface area contributed by atoms with Gasteiger partial charge in [0, 0.05) is 18.6 Å². The van der Waals surface area contributed by atoms with Crippen LogP contribution in [0, 0.1) is 11.2 Å². The third-order valence-corrected chi connectivity index (χ3v) is 3.59.